The van der Waals surface area contributed by atoms with E-state index in [1.54, 1.807) is 6.07 Å². The molecule has 3 aromatic rings. The largest absolute Gasteiger partial charge is 0.393 e. The second kappa shape index (κ2) is 11.9. The first-order valence-electron chi connectivity index (χ1n) is 11.0. The number of carbonyl (C=O) groups excluding carboxylic acids is 3. The average Bonchev–Trinajstić information content (AvgIpc) is 3.21. The summed E-state index contributed by atoms with van der Waals surface area (Å²) in [7, 11) is 0. The quantitative estimate of drug-likeness (QED) is 0.177. The molecule has 10 heteroatoms. The summed E-state index contributed by atoms with van der Waals surface area (Å²) in [6, 6.07) is 16.6. The molecule has 1 heterocycles. The maximum absolute atomic E-state index is 12.9. The number of aryl methyl sites for hydroxylation is 1. The second-order valence-electron chi connectivity index (χ2n) is 7.77. The van der Waals surface area contributed by atoms with E-state index in [9.17, 15) is 14.4 Å². The molecule has 0 bridgehead atoms. The summed E-state index contributed by atoms with van der Waals surface area (Å²) in [5.41, 5.74) is 14.1. The fourth-order valence-electron chi connectivity index (χ4n) is 3.57. The predicted octanol–water partition coefficient (Wildman–Crippen LogP) is 3.87. The number of nitrogens with one attached hydrogen (secondary N) is 1. The van der Waals surface area contributed by atoms with Crippen LogP contribution in [0.1, 0.15) is 43.9 Å². The fourth-order valence-corrected chi connectivity index (χ4v) is 4.61. The standard InChI is InChI=1S/C25H27N5O4S/c1-3-20-23(35-25(29-20)30-24(26)27)17-10-7-11-19(12-17)28-21(32)13-18(14-22(33)34-15(2)31)16-8-5-4-6-9-16/h4-12,18H,3,13-14H2,1-2H3,(H,28,32)(H4,26,27,29,30). The van der Waals surface area contributed by atoms with E-state index in [0.29, 0.717) is 17.2 Å². The maximum atomic E-state index is 12.9. The highest BCUT2D eigenvalue weighted by Crippen LogP contribution is 2.36. The Balaban J connectivity index is 1.77. The minimum Gasteiger partial charge on any atom is -0.393 e. The molecular weight excluding hydrogens is 466 g/mol. The monoisotopic (exact) mass is 493 g/mol. The first-order chi connectivity index (χ1) is 16.7. The normalized spacial score (nSPS) is 11.4. The number of thiazole rings is 1. The molecule has 0 spiro atoms. The molecule has 0 aliphatic carbocycles. The first kappa shape index (κ1) is 25.6. The van der Waals surface area contributed by atoms with Crippen LogP contribution in [0.5, 0.6) is 0 Å². The Hall–Kier alpha value is -4.05. The molecule has 3 rings (SSSR count). The van der Waals surface area contributed by atoms with E-state index >= 15 is 0 Å². The molecule has 0 saturated heterocycles. The van der Waals surface area contributed by atoms with Crippen LogP contribution in [0.3, 0.4) is 0 Å². The number of carbonyl (C=O) groups is 3. The molecule has 1 aromatic heterocycles. The molecule has 182 valence electrons. The van der Waals surface area contributed by atoms with E-state index in [1.807, 2.05) is 55.5 Å². The van der Waals surface area contributed by atoms with Crippen LogP contribution < -0.4 is 16.8 Å². The number of nitrogens with two attached hydrogens (primary N) is 2. The van der Waals surface area contributed by atoms with Gasteiger partial charge in [0.05, 0.1) is 17.0 Å². The highest BCUT2D eigenvalue weighted by Gasteiger charge is 2.22. The van der Waals surface area contributed by atoms with E-state index in [0.717, 1.165) is 21.7 Å². The summed E-state index contributed by atoms with van der Waals surface area (Å²) in [4.78, 5) is 45.6. The number of hydrogen-bond donors (Lipinski definition) is 3. The van der Waals surface area contributed by atoms with Crippen molar-refractivity contribution in [2.75, 3.05) is 5.32 Å². The van der Waals surface area contributed by atoms with Gasteiger partial charge < -0.3 is 21.5 Å². The molecule has 1 atom stereocenters. The topological polar surface area (TPSA) is 150 Å². The van der Waals surface area contributed by atoms with Crippen molar-refractivity contribution in [3.63, 3.8) is 0 Å². The molecule has 0 aliphatic rings. The van der Waals surface area contributed by atoms with Crippen LogP contribution in [0, 0.1) is 0 Å². The molecule has 0 aliphatic heterocycles. The van der Waals surface area contributed by atoms with Gasteiger partial charge in [0, 0.05) is 24.9 Å². The van der Waals surface area contributed by atoms with Gasteiger partial charge in [-0.1, -0.05) is 60.7 Å². The number of aromatic nitrogens is 1. The van der Waals surface area contributed by atoms with Crippen molar-refractivity contribution in [3.8, 4) is 10.4 Å². The van der Waals surface area contributed by atoms with E-state index in [2.05, 4.69) is 20.0 Å². The van der Waals surface area contributed by atoms with Crippen molar-refractivity contribution in [3.05, 3.63) is 65.9 Å². The van der Waals surface area contributed by atoms with E-state index in [4.69, 9.17) is 11.5 Å². The summed E-state index contributed by atoms with van der Waals surface area (Å²) in [6.07, 6.45) is 0.638. The Morgan fingerprint density at radius 3 is 2.49 bits per heavy atom. The Morgan fingerprint density at radius 1 is 1.09 bits per heavy atom. The molecule has 5 N–H and O–H groups in total. The van der Waals surface area contributed by atoms with Gasteiger partial charge in [-0.2, -0.15) is 4.99 Å². The van der Waals surface area contributed by atoms with Crippen LogP contribution in [0.25, 0.3) is 10.4 Å². The van der Waals surface area contributed by atoms with Gasteiger partial charge in [-0.15, -0.1) is 0 Å². The Bertz CT molecular complexity index is 1240. The minimum atomic E-state index is -0.680. The van der Waals surface area contributed by atoms with E-state index in [-0.39, 0.29) is 24.7 Å². The SMILES string of the molecule is CCc1nc(N=C(N)N)sc1-c1cccc(NC(=O)CC(CC(=O)OC(C)=O)c2ccccc2)c1. The Kier molecular flexibility index (Phi) is 8.69. The molecule has 9 nitrogen and oxygen atoms in total. The van der Waals surface area contributed by atoms with Gasteiger partial charge in [-0.05, 0) is 29.7 Å². The van der Waals surface area contributed by atoms with Gasteiger partial charge in [-0.25, -0.2) is 4.98 Å². The lowest BCUT2D eigenvalue weighted by Crippen LogP contribution is -2.21. The van der Waals surface area contributed by atoms with Crippen LogP contribution in [0.4, 0.5) is 10.8 Å². The fraction of sp³-hybridized carbons (Fsp3) is 0.240. The number of aliphatic imine (C=N–C) groups is 1. The van der Waals surface area contributed by atoms with Crippen LogP contribution in [-0.2, 0) is 25.5 Å². The maximum Gasteiger partial charge on any atom is 0.314 e. The summed E-state index contributed by atoms with van der Waals surface area (Å²) in [6.45, 7) is 3.16. The van der Waals surface area contributed by atoms with Gasteiger partial charge in [0.15, 0.2) is 5.96 Å². The molecule has 0 radical (unpaired) electrons. The molecule has 1 unspecified atom stereocenters. The third-order valence-electron chi connectivity index (χ3n) is 5.03. The average molecular weight is 494 g/mol. The van der Waals surface area contributed by atoms with Crippen LogP contribution in [0.2, 0.25) is 0 Å². The number of benzene rings is 2. The zero-order valence-electron chi connectivity index (χ0n) is 19.5. The zero-order valence-corrected chi connectivity index (χ0v) is 20.3. The van der Waals surface area contributed by atoms with Crippen molar-refractivity contribution in [2.45, 2.75) is 39.0 Å². The minimum absolute atomic E-state index is 0.0383. The summed E-state index contributed by atoms with van der Waals surface area (Å²) in [5, 5.41) is 3.37. The lowest BCUT2D eigenvalue weighted by atomic mass is 9.92. The summed E-state index contributed by atoms with van der Waals surface area (Å²) in [5.74, 6) is -2.13. The van der Waals surface area contributed by atoms with Gasteiger partial charge in [0.25, 0.3) is 0 Å². The third-order valence-corrected chi connectivity index (χ3v) is 6.07. The van der Waals surface area contributed by atoms with Gasteiger partial charge >= 0.3 is 11.9 Å². The number of hydrogen-bond acceptors (Lipinski definition) is 7. The van der Waals surface area contributed by atoms with Crippen molar-refractivity contribution < 1.29 is 19.1 Å². The third kappa shape index (κ3) is 7.47. The number of esters is 2. The molecule has 2 aromatic carbocycles. The lowest BCUT2D eigenvalue weighted by molar-refractivity contribution is -0.158. The molecule has 35 heavy (non-hydrogen) atoms. The first-order valence-corrected chi connectivity index (χ1v) is 11.8. The number of anilines is 1. The second-order valence-corrected chi connectivity index (χ2v) is 8.75. The highest BCUT2D eigenvalue weighted by molar-refractivity contribution is 7.18. The van der Waals surface area contributed by atoms with Crippen molar-refractivity contribution >= 4 is 46.0 Å². The summed E-state index contributed by atoms with van der Waals surface area (Å²) < 4.78 is 4.68. The predicted molar refractivity (Wildman–Crippen MR) is 136 cm³/mol. The van der Waals surface area contributed by atoms with Gasteiger partial charge in [0.1, 0.15) is 0 Å². The number of ether oxygens (including phenoxy) is 1. The zero-order chi connectivity index (χ0) is 25.4. The number of guanidine groups is 1. The van der Waals surface area contributed by atoms with Gasteiger partial charge in [-0.3, -0.25) is 14.4 Å². The molecule has 1 amide bonds. The van der Waals surface area contributed by atoms with Crippen LogP contribution in [-0.4, -0.2) is 28.8 Å². The van der Waals surface area contributed by atoms with Gasteiger partial charge in [0.2, 0.25) is 11.0 Å². The lowest BCUT2D eigenvalue weighted by Gasteiger charge is -2.16. The number of amides is 1. The van der Waals surface area contributed by atoms with Crippen LogP contribution >= 0.6 is 11.3 Å². The highest BCUT2D eigenvalue weighted by atomic mass is 32.1. The van der Waals surface area contributed by atoms with E-state index < -0.39 is 17.9 Å². The number of rotatable bonds is 9. The Morgan fingerprint density at radius 2 is 1.83 bits per heavy atom. The van der Waals surface area contributed by atoms with Crippen molar-refractivity contribution in [2.24, 2.45) is 16.5 Å². The molecular formula is C25H27N5O4S. The van der Waals surface area contributed by atoms with E-state index in [1.165, 1.54) is 18.3 Å². The van der Waals surface area contributed by atoms with Crippen molar-refractivity contribution in [1.29, 1.82) is 0 Å². The molecule has 0 saturated carbocycles. The van der Waals surface area contributed by atoms with Crippen LogP contribution in [0.15, 0.2) is 59.6 Å². The Labute approximate surface area is 207 Å². The van der Waals surface area contributed by atoms with Crippen molar-refractivity contribution in [1.82, 2.24) is 4.98 Å². The number of nitrogens with zero attached hydrogens (tertiary/aromatic N) is 2. The smallest absolute Gasteiger partial charge is 0.314 e. The summed E-state index contributed by atoms with van der Waals surface area (Å²) >= 11 is 1.36. The molecule has 0 fully saturated rings.